The van der Waals surface area contributed by atoms with Crippen LogP contribution in [0.15, 0.2) is 0 Å². The smallest absolute Gasteiger partial charge is 0.326 e. The molecule has 0 aliphatic heterocycles. The molecule has 0 bridgehead atoms. The maximum Gasteiger partial charge on any atom is 0.326 e. The fraction of sp³-hybridized carbons (Fsp3) is 0.583. The lowest BCUT2D eigenvalue weighted by Gasteiger charge is -2.22. The average Bonchev–Trinajstić information content (AvgIpc) is 2.68. The zero-order chi connectivity index (χ0) is 14.0. The zero-order valence-electron chi connectivity index (χ0n) is 11.3. The summed E-state index contributed by atoms with van der Waals surface area (Å²) in [5.74, 6) is -1.25. The number of rotatable bonds is 4. The molecular weight excluding hydrogens is 234 g/mol. The number of likely N-dealkylation sites (N-methyl/N-ethyl adjacent to an activating group) is 1. The first-order valence-electron chi connectivity index (χ1n) is 5.82. The van der Waals surface area contributed by atoms with Crippen molar-refractivity contribution in [1.82, 2.24) is 15.1 Å². The molecule has 100 valence electrons. The maximum absolute atomic E-state index is 12.3. The molecule has 0 spiro atoms. The number of H-pyrrole nitrogens is 1. The van der Waals surface area contributed by atoms with Gasteiger partial charge < -0.3 is 10.0 Å². The topological polar surface area (TPSA) is 86.3 Å². The van der Waals surface area contributed by atoms with E-state index in [2.05, 4.69) is 10.2 Å². The van der Waals surface area contributed by atoms with Gasteiger partial charge in [0.25, 0.3) is 5.91 Å². The Labute approximate surface area is 106 Å². The minimum atomic E-state index is -1.03. The predicted octanol–water partition coefficient (Wildman–Crippen LogP) is 1.39. The van der Waals surface area contributed by atoms with Crippen LogP contribution >= 0.6 is 0 Å². The summed E-state index contributed by atoms with van der Waals surface area (Å²) in [6, 6.07) is -0.869. The first-order chi connectivity index (χ1) is 8.27. The summed E-state index contributed by atoms with van der Waals surface area (Å²) in [6.07, 6.45) is 0. The molecular formula is C12H19N3O3. The second-order valence-corrected chi connectivity index (χ2v) is 4.69. The number of aryl methyl sites for hydroxylation is 1. The Morgan fingerprint density at radius 2 is 1.89 bits per heavy atom. The second-order valence-electron chi connectivity index (χ2n) is 4.69. The first-order valence-corrected chi connectivity index (χ1v) is 5.82. The lowest BCUT2D eigenvalue weighted by molar-refractivity contribution is -0.141. The van der Waals surface area contributed by atoms with E-state index in [0.717, 1.165) is 0 Å². The highest BCUT2D eigenvalue weighted by Gasteiger charge is 2.28. The van der Waals surface area contributed by atoms with Gasteiger partial charge in [-0.3, -0.25) is 9.89 Å². The summed E-state index contributed by atoms with van der Waals surface area (Å²) in [6.45, 7) is 7.11. The average molecular weight is 253 g/mol. The summed E-state index contributed by atoms with van der Waals surface area (Å²) >= 11 is 0. The Bertz CT molecular complexity index is 465. The largest absolute Gasteiger partial charge is 0.480 e. The van der Waals surface area contributed by atoms with E-state index in [0.29, 0.717) is 17.0 Å². The van der Waals surface area contributed by atoms with E-state index in [1.54, 1.807) is 6.92 Å². The Morgan fingerprint density at radius 1 is 1.33 bits per heavy atom. The van der Waals surface area contributed by atoms with Crippen molar-refractivity contribution in [3.05, 3.63) is 17.0 Å². The van der Waals surface area contributed by atoms with Crippen molar-refractivity contribution in [2.24, 2.45) is 0 Å². The number of amides is 1. The van der Waals surface area contributed by atoms with Gasteiger partial charge in [-0.15, -0.1) is 0 Å². The Hall–Kier alpha value is -1.85. The van der Waals surface area contributed by atoms with Crippen molar-refractivity contribution >= 4 is 11.9 Å². The van der Waals surface area contributed by atoms with Gasteiger partial charge in [0, 0.05) is 12.7 Å². The molecule has 0 aliphatic rings. The van der Waals surface area contributed by atoms with Gasteiger partial charge in [-0.25, -0.2) is 4.79 Å². The van der Waals surface area contributed by atoms with Crippen molar-refractivity contribution in [2.75, 3.05) is 7.05 Å². The number of nitrogens with zero attached hydrogens (tertiary/aromatic N) is 2. The van der Waals surface area contributed by atoms with E-state index in [1.807, 2.05) is 13.8 Å². The van der Waals surface area contributed by atoms with E-state index < -0.39 is 12.0 Å². The maximum atomic E-state index is 12.3. The lowest BCUT2D eigenvalue weighted by Crippen LogP contribution is -2.40. The number of hydrogen-bond acceptors (Lipinski definition) is 3. The van der Waals surface area contributed by atoms with E-state index in [4.69, 9.17) is 5.11 Å². The third-order valence-corrected chi connectivity index (χ3v) is 2.99. The van der Waals surface area contributed by atoms with Crippen molar-refractivity contribution in [3.63, 3.8) is 0 Å². The third-order valence-electron chi connectivity index (χ3n) is 2.99. The van der Waals surface area contributed by atoms with Gasteiger partial charge in [0.15, 0.2) is 0 Å². The molecule has 2 N–H and O–H groups in total. The molecule has 18 heavy (non-hydrogen) atoms. The molecule has 1 atom stereocenters. The molecule has 1 aromatic rings. The molecule has 0 saturated heterocycles. The summed E-state index contributed by atoms with van der Waals surface area (Å²) < 4.78 is 0. The van der Waals surface area contributed by atoms with Gasteiger partial charge in [0.1, 0.15) is 6.04 Å². The molecule has 6 nitrogen and oxygen atoms in total. The van der Waals surface area contributed by atoms with Crippen LogP contribution in [0.2, 0.25) is 0 Å². The van der Waals surface area contributed by atoms with E-state index >= 15 is 0 Å². The normalized spacial score (nSPS) is 12.6. The minimum Gasteiger partial charge on any atom is -0.480 e. The zero-order valence-corrected chi connectivity index (χ0v) is 11.3. The predicted molar refractivity (Wildman–Crippen MR) is 66.6 cm³/mol. The van der Waals surface area contributed by atoms with Crippen LogP contribution in [0.25, 0.3) is 0 Å². The van der Waals surface area contributed by atoms with Crippen LogP contribution in [0.4, 0.5) is 0 Å². The van der Waals surface area contributed by atoms with Crippen LogP contribution in [0.5, 0.6) is 0 Å². The molecule has 0 aromatic carbocycles. The number of aromatic amines is 1. The van der Waals surface area contributed by atoms with Gasteiger partial charge >= 0.3 is 5.97 Å². The number of carbonyl (C=O) groups excluding carboxylic acids is 1. The van der Waals surface area contributed by atoms with Crippen molar-refractivity contribution in [3.8, 4) is 0 Å². The fourth-order valence-electron chi connectivity index (χ4n) is 1.65. The Balaban J connectivity index is 3.11. The first kappa shape index (κ1) is 14.2. The van der Waals surface area contributed by atoms with Crippen molar-refractivity contribution in [1.29, 1.82) is 0 Å². The molecule has 1 amide bonds. The van der Waals surface area contributed by atoms with Gasteiger partial charge in [-0.1, -0.05) is 13.8 Å². The van der Waals surface area contributed by atoms with Gasteiger partial charge in [0.2, 0.25) is 0 Å². The van der Waals surface area contributed by atoms with Crippen LogP contribution in [0.3, 0.4) is 0 Å². The quantitative estimate of drug-likeness (QED) is 0.848. The molecule has 0 aliphatic carbocycles. The summed E-state index contributed by atoms with van der Waals surface area (Å²) in [5.41, 5.74) is 1.80. The molecule has 6 heteroatoms. The number of nitrogens with one attached hydrogen (secondary N) is 1. The molecule has 1 heterocycles. The Morgan fingerprint density at radius 3 is 2.33 bits per heavy atom. The number of hydrogen-bond donors (Lipinski definition) is 2. The standard InChI is InChI=1S/C12H19N3O3/c1-6(2)10-9(7(3)13-14-10)11(16)15(5)8(4)12(17)18/h6,8H,1-5H3,(H,13,14)(H,17,18). The summed E-state index contributed by atoms with van der Waals surface area (Å²) in [7, 11) is 1.48. The van der Waals surface area contributed by atoms with E-state index in [9.17, 15) is 9.59 Å². The number of aliphatic carboxylic acids is 1. The molecule has 1 unspecified atom stereocenters. The molecule has 0 radical (unpaired) electrons. The fourth-order valence-corrected chi connectivity index (χ4v) is 1.65. The van der Waals surface area contributed by atoms with Gasteiger partial charge in [-0.05, 0) is 19.8 Å². The SMILES string of the molecule is Cc1[nH]nc(C(C)C)c1C(=O)N(C)C(C)C(=O)O. The number of carboxylic acids is 1. The van der Waals surface area contributed by atoms with Crippen LogP contribution in [-0.2, 0) is 4.79 Å². The van der Waals surface area contributed by atoms with Crippen LogP contribution < -0.4 is 0 Å². The van der Waals surface area contributed by atoms with Gasteiger partial charge in [0.05, 0.1) is 11.3 Å². The third kappa shape index (κ3) is 2.52. The monoisotopic (exact) mass is 253 g/mol. The highest BCUT2D eigenvalue weighted by molar-refractivity contribution is 5.98. The van der Waals surface area contributed by atoms with Crippen molar-refractivity contribution < 1.29 is 14.7 Å². The highest BCUT2D eigenvalue weighted by atomic mass is 16.4. The lowest BCUT2D eigenvalue weighted by atomic mass is 10.0. The summed E-state index contributed by atoms with van der Waals surface area (Å²) in [4.78, 5) is 24.4. The number of aromatic nitrogens is 2. The summed E-state index contributed by atoms with van der Waals surface area (Å²) in [5, 5.41) is 15.8. The van der Waals surface area contributed by atoms with Crippen LogP contribution in [0.1, 0.15) is 48.4 Å². The van der Waals surface area contributed by atoms with Crippen LogP contribution in [-0.4, -0.2) is 45.2 Å². The molecule has 1 aromatic heterocycles. The molecule has 0 saturated carbocycles. The van der Waals surface area contributed by atoms with Crippen LogP contribution in [0, 0.1) is 6.92 Å². The Kier molecular flexibility index (Phi) is 4.11. The molecule has 0 fully saturated rings. The number of carbonyl (C=O) groups is 2. The second kappa shape index (κ2) is 5.20. The minimum absolute atomic E-state index is 0.0995. The van der Waals surface area contributed by atoms with E-state index in [1.165, 1.54) is 18.9 Å². The molecule has 1 rings (SSSR count). The van der Waals surface area contributed by atoms with Gasteiger partial charge in [-0.2, -0.15) is 5.10 Å². The van der Waals surface area contributed by atoms with Crippen molar-refractivity contribution in [2.45, 2.75) is 39.7 Å². The number of carboxylic acid groups (broad SMARTS) is 1. The highest BCUT2D eigenvalue weighted by Crippen LogP contribution is 2.21. The van der Waals surface area contributed by atoms with E-state index in [-0.39, 0.29) is 11.8 Å².